The van der Waals surface area contributed by atoms with Crippen LogP contribution < -0.4 is 20.1 Å². The standard InChI is InChI=1S/C21H26N2O3/c1-4-15-5-7-16(8-6-15)21(14(2)3)22-12-20(24)23-17-9-10-18-19(11-17)26-13-25-18/h5-11,14,21-22H,4,12-13H2,1-3H3,(H,23,24)/t21-/m1/s1. The first-order valence-corrected chi connectivity index (χ1v) is 9.08. The molecule has 0 saturated heterocycles. The lowest BCUT2D eigenvalue weighted by atomic mass is 9.95. The van der Waals surface area contributed by atoms with Crippen LogP contribution >= 0.6 is 0 Å². The molecule has 0 bridgehead atoms. The summed E-state index contributed by atoms with van der Waals surface area (Å²) in [7, 11) is 0. The summed E-state index contributed by atoms with van der Waals surface area (Å²) in [6.07, 6.45) is 1.03. The van der Waals surface area contributed by atoms with E-state index in [4.69, 9.17) is 9.47 Å². The first-order valence-electron chi connectivity index (χ1n) is 9.08. The van der Waals surface area contributed by atoms with Crippen LogP contribution in [0.4, 0.5) is 5.69 Å². The molecule has 1 amide bonds. The minimum Gasteiger partial charge on any atom is -0.454 e. The monoisotopic (exact) mass is 354 g/mol. The lowest BCUT2D eigenvalue weighted by Crippen LogP contribution is -2.33. The van der Waals surface area contributed by atoms with E-state index in [1.807, 2.05) is 6.07 Å². The molecule has 2 N–H and O–H groups in total. The summed E-state index contributed by atoms with van der Waals surface area (Å²) < 4.78 is 10.6. The Hall–Kier alpha value is -2.53. The number of carbonyl (C=O) groups is 1. The summed E-state index contributed by atoms with van der Waals surface area (Å²) in [6.45, 7) is 6.92. The van der Waals surface area contributed by atoms with Crippen LogP contribution in [0.1, 0.15) is 37.9 Å². The van der Waals surface area contributed by atoms with Gasteiger partial charge in [-0.05, 0) is 35.6 Å². The van der Waals surface area contributed by atoms with Gasteiger partial charge in [-0.3, -0.25) is 4.79 Å². The highest BCUT2D eigenvalue weighted by atomic mass is 16.7. The van der Waals surface area contributed by atoms with Crippen LogP contribution in [-0.2, 0) is 11.2 Å². The SMILES string of the molecule is CCc1ccc([C@H](NCC(=O)Nc2ccc3c(c2)OCO3)C(C)C)cc1. The van der Waals surface area contributed by atoms with Crippen LogP contribution in [-0.4, -0.2) is 19.2 Å². The lowest BCUT2D eigenvalue weighted by Gasteiger charge is -2.23. The van der Waals surface area contributed by atoms with Crippen molar-refractivity contribution in [3.8, 4) is 11.5 Å². The number of benzene rings is 2. The molecule has 0 spiro atoms. The second-order valence-electron chi connectivity index (χ2n) is 6.81. The number of aryl methyl sites for hydroxylation is 1. The maximum atomic E-state index is 12.3. The van der Waals surface area contributed by atoms with Crippen LogP contribution in [0.5, 0.6) is 11.5 Å². The van der Waals surface area contributed by atoms with E-state index in [0.717, 1.165) is 6.42 Å². The fraction of sp³-hybridized carbons (Fsp3) is 0.381. The minimum atomic E-state index is -0.0836. The molecule has 1 aliphatic heterocycles. The number of anilines is 1. The lowest BCUT2D eigenvalue weighted by molar-refractivity contribution is -0.115. The Balaban J connectivity index is 1.59. The van der Waals surface area contributed by atoms with Crippen molar-refractivity contribution in [1.29, 1.82) is 0 Å². The topological polar surface area (TPSA) is 59.6 Å². The van der Waals surface area contributed by atoms with Gasteiger partial charge >= 0.3 is 0 Å². The Morgan fingerprint density at radius 1 is 1.08 bits per heavy atom. The number of amides is 1. The Bertz CT molecular complexity index is 756. The number of nitrogens with one attached hydrogen (secondary N) is 2. The maximum Gasteiger partial charge on any atom is 0.238 e. The number of rotatable bonds is 7. The second-order valence-corrected chi connectivity index (χ2v) is 6.81. The number of hydrogen-bond donors (Lipinski definition) is 2. The van der Waals surface area contributed by atoms with E-state index >= 15 is 0 Å². The summed E-state index contributed by atoms with van der Waals surface area (Å²) in [6, 6.07) is 14.1. The summed E-state index contributed by atoms with van der Waals surface area (Å²) in [4.78, 5) is 12.3. The van der Waals surface area contributed by atoms with Crippen LogP contribution in [0, 0.1) is 5.92 Å². The van der Waals surface area contributed by atoms with Gasteiger partial charge < -0.3 is 20.1 Å². The van der Waals surface area contributed by atoms with E-state index in [0.29, 0.717) is 23.1 Å². The van der Waals surface area contributed by atoms with Crippen molar-refractivity contribution >= 4 is 11.6 Å². The summed E-state index contributed by atoms with van der Waals surface area (Å²) in [5, 5.41) is 6.28. The number of hydrogen-bond acceptors (Lipinski definition) is 4. The second kappa shape index (κ2) is 8.23. The first-order chi connectivity index (χ1) is 12.6. The van der Waals surface area contributed by atoms with Gasteiger partial charge in [-0.2, -0.15) is 0 Å². The first kappa shape index (κ1) is 18.3. The zero-order valence-electron chi connectivity index (χ0n) is 15.5. The van der Waals surface area contributed by atoms with Crippen molar-refractivity contribution < 1.29 is 14.3 Å². The molecule has 26 heavy (non-hydrogen) atoms. The summed E-state index contributed by atoms with van der Waals surface area (Å²) in [5.41, 5.74) is 3.22. The summed E-state index contributed by atoms with van der Waals surface area (Å²) in [5.74, 6) is 1.66. The predicted molar refractivity (Wildman–Crippen MR) is 103 cm³/mol. The Kier molecular flexibility index (Phi) is 5.78. The average Bonchev–Trinajstić information content (AvgIpc) is 3.10. The fourth-order valence-electron chi connectivity index (χ4n) is 3.08. The molecular formula is C21H26N2O3. The molecule has 1 atom stereocenters. The third-order valence-electron chi connectivity index (χ3n) is 4.55. The van der Waals surface area contributed by atoms with Crippen molar-refractivity contribution in [1.82, 2.24) is 5.32 Å². The molecule has 2 aromatic rings. The maximum absolute atomic E-state index is 12.3. The number of fused-ring (bicyclic) bond motifs is 1. The highest BCUT2D eigenvalue weighted by molar-refractivity contribution is 5.92. The summed E-state index contributed by atoms with van der Waals surface area (Å²) >= 11 is 0. The quantitative estimate of drug-likeness (QED) is 0.792. The normalized spacial score (nSPS) is 13.7. The predicted octanol–water partition coefficient (Wildman–Crippen LogP) is 3.90. The third kappa shape index (κ3) is 4.35. The van der Waals surface area contributed by atoms with E-state index in [-0.39, 0.29) is 25.3 Å². The number of ether oxygens (including phenoxy) is 2. The van der Waals surface area contributed by atoms with Crippen molar-refractivity contribution in [3.05, 3.63) is 53.6 Å². The smallest absolute Gasteiger partial charge is 0.238 e. The van der Waals surface area contributed by atoms with Gasteiger partial charge in [-0.15, -0.1) is 0 Å². The van der Waals surface area contributed by atoms with Gasteiger partial charge in [0.15, 0.2) is 11.5 Å². The van der Waals surface area contributed by atoms with Gasteiger partial charge in [-0.25, -0.2) is 0 Å². The molecule has 0 saturated carbocycles. The zero-order chi connectivity index (χ0) is 18.5. The molecule has 0 unspecified atom stereocenters. The fourth-order valence-corrected chi connectivity index (χ4v) is 3.08. The molecule has 5 nitrogen and oxygen atoms in total. The van der Waals surface area contributed by atoms with Gasteiger partial charge in [0, 0.05) is 17.8 Å². The molecule has 0 aromatic heterocycles. The largest absolute Gasteiger partial charge is 0.454 e. The van der Waals surface area contributed by atoms with Crippen molar-refractivity contribution in [2.45, 2.75) is 33.2 Å². The van der Waals surface area contributed by atoms with Crippen LogP contribution in [0.3, 0.4) is 0 Å². The highest BCUT2D eigenvalue weighted by Crippen LogP contribution is 2.34. The van der Waals surface area contributed by atoms with E-state index in [9.17, 15) is 4.79 Å². The molecule has 0 radical (unpaired) electrons. The molecule has 0 aliphatic carbocycles. The van der Waals surface area contributed by atoms with E-state index in [2.05, 4.69) is 55.7 Å². The third-order valence-corrected chi connectivity index (χ3v) is 4.55. The molecule has 3 rings (SSSR count). The molecule has 5 heteroatoms. The Morgan fingerprint density at radius 3 is 2.50 bits per heavy atom. The van der Waals surface area contributed by atoms with Gasteiger partial charge in [0.2, 0.25) is 12.7 Å². The van der Waals surface area contributed by atoms with Crippen molar-refractivity contribution in [2.24, 2.45) is 5.92 Å². The van der Waals surface area contributed by atoms with Crippen LogP contribution in [0.25, 0.3) is 0 Å². The Morgan fingerprint density at radius 2 is 1.81 bits per heavy atom. The molecule has 138 valence electrons. The van der Waals surface area contributed by atoms with Crippen molar-refractivity contribution in [3.63, 3.8) is 0 Å². The van der Waals surface area contributed by atoms with Gasteiger partial charge in [0.25, 0.3) is 0 Å². The Labute approximate surface area is 154 Å². The molecule has 1 heterocycles. The number of carbonyl (C=O) groups excluding carboxylic acids is 1. The van der Waals surface area contributed by atoms with E-state index < -0.39 is 0 Å². The molecule has 0 fully saturated rings. The molecule has 2 aromatic carbocycles. The molecule has 1 aliphatic rings. The van der Waals surface area contributed by atoms with Gasteiger partial charge in [0.05, 0.1) is 6.54 Å². The van der Waals surface area contributed by atoms with Gasteiger partial charge in [0.1, 0.15) is 0 Å². The highest BCUT2D eigenvalue weighted by Gasteiger charge is 2.18. The van der Waals surface area contributed by atoms with Crippen LogP contribution in [0.15, 0.2) is 42.5 Å². The molecular weight excluding hydrogens is 328 g/mol. The van der Waals surface area contributed by atoms with E-state index in [1.165, 1.54) is 11.1 Å². The zero-order valence-corrected chi connectivity index (χ0v) is 15.5. The van der Waals surface area contributed by atoms with Gasteiger partial charge in [-0.1, -0.05) is 45.0 Å². The van der Waals surface area contributed by atoms with Crippen molar-refractivity contribution in [2.75, 3.05) is 18.7 Å². The van der Waals surface area contributed by atoms with E-state index in [1.54, 1.807) is 12.1 Å². The van der Waals surface area contributed by atoms with Crippen LogP contribution in [0.2, 0.25) is 0 Å². The minimum absolute atomic E-state index is 0.0836. The average molecular weight is 354 g/mol.